The average molecular weight is 574 g/mol. The van der Waals surface area contributed by atoms with Crippen LogP contribution < -0.4 is 20.9 Å². The lowest BCUT2D eigenvalue weighted by Crippen LogP contribution is -2.54. The molecule has 2 saturated heterocycles. The number of carbonyl (C=O) groups is 1. The third-order valence-corrected chi connectivity index (χ3v) is 8.37. The summed E-state index contributed by atoms with van der Waals surface area (Å²) in [5.41, 5.74) is 2.43. The van der Waals surface area contributed by atoms with Gasteiger partial charge in [0.1, 0.15) is 11.6 Å². The Morgan fingerprint density at radius 1 is 1.15 bits per heavy atom. The number of hydrogen-bond acceptors (Lipinski definition) is 10. The van der Waals surface area contributed by atoms with Crippen molar-refractivity contribution in [3.8, 4) is 12.1 Å². The number of nitrogens with one attached hydrogen (secondary N) is 3. The van der Waals surface area contributed by atoms with Gasteiger partial charge in [0.25, 0.3) is 0 Å². The molecule has 212 valence electrons. The van der Waals surface area contributed by atoms with Gasteiger partial charge in [-0.3, -0.25) is 9.69 Å². The predicted octanol–water partition coefficient (Wildman–Crippen LogP) is 3.27. The van der Waals surface area contributed by atoms with Crippen LogP contribution in [0.1, 0.15) is 50.2 Å². The van der Waals surface area contributed by atoms with E-state index in [1.165, 1.54) is 10.7 Å². The summed E-state index contributed by atoms with van der Waals surface area (Å²) in [5, 5.41) is 33.7. The van der Waals surface area contributed by atoms with Crippen LogP contribution in [0.5, 0.6) is 0 Å². The Kier molecular flexibility index (Phi) is 7.52. The number of piperazine rings is 1. The smallest absolute Gasteiger partial charge is 0.232 e. The minimum absolute atomic E-state index is 0.0199. The molecule has 41 heavy (non-hydrogen) atoms. The monoisotopic (exact) mass is 573 g/mol. The van der Waals surface area contributed by atoms with Gasteiger partial charge in [-0.25, -0.2) is 0 Å². The van der Waals surface area contributed by atoms with Crippen molar-refractivity contribution in [2.75, 3.05) is 48.3 Å². The third-order valence-electron chi connectivity index (χ3n) is 7.98. The van der Waals surface area contributed by atoms with Gasteiger partial charge in [-0.2, -0.15) is 30.1 Å². The second kappa shape index (κ2) is 11.4. The molecule has 1 saturated carbocycles. The Hall–Kier alpha value is -4.13. The molecular weight excluding hydrogens is 542 g/mol. The van der Waals surface area contributed by atoms with Crippen LogP contribution in [0.2, 0.25) is 5.02 Å². The zero-order valence-corrected chi connectivity index (χ0v) is 23.7. The minimum atomic E-state index is 0.0199. The molecule has 2 atom stereocenters. The van der Waals surface area contributed by atoms with E-state index >= 15 is 0 Å². The van der Waals surface area contributed by atoms with Crippen molar-refractivity contribution in [2.24, 2.45) is 5.92 Å². The van der Waals surface area contributed by atoms with Crippen LogP contribution in [0.25, 0.3) is 5.65 Å². The van der Waals surface area contributed by atoms with E-state index in [1.807, 2.05) is 6.07 Å². The molecule has 3 fully saturated rings. The molecule has 1 aromatic carbocycles. The molecule has 3 aliphatic rings. The Bertz CT molecular complexity index is 1550. The summed E-state index contributed by atoms with van der Waals surface area (Å²) in [4.78, 5) is 26.2. The molecule has 0 bridgehead atoms. The van der Waals surface area contributed by atoms with Crippen molar-refractivity contribution in [2.45, 2.75) is 51.1 Å². The van der Waals surface area contributed by atoms with Gasteiger partial charge in [0.15, 0.2) is 5.65 Å². The first-order valence-electron chi connectivity index (χ1n) is 14.1. The van der Waals surface area contributed by atoms with E-state index < -0.39 is 0 Å². The van der Waals surface area contributed by atoms with Crippen LogP contribution in [0.15, 0.2) is 18.3 Å². The second-order valence-electron chi connectivity index (χ2n) is 11.1. The largest absolute Gasteiger partial charge is 0.365 e. The molecule has 1 amide bonds. The van der Waals surface area contributed by atoms with Crippen LogP contribution in [-0.4, -0.2) is 75.2 Å². The van der Waals surface area contributed by atoms with Crippen LogP contribution in [0.4, 0.5) is 23.3 Å². The molecule has 1 unspecified atom stereocenters. The summed E-state index contributed by atoms with van der Waals surface area (Å²) in [6, 6.07) is 8.29. The van der Waals surface area contributed by atoms with Crippen molar-refractivity contribution in [1.29, 1.82) is 10.5 Å². The fourth-order valence-corrected chi connectivity index (χ4v) is 5.92. The lowest BCUT2D eigenvalue weighted by atomic mass is 10.0. The Labute approximate surface area is 243 Å². The van der Waals surface area contributed by atoms with Crippen LogP contribution in [0.3, 0.4) is 0 Å². The minimum Gasteiger partial charge on any atom is -0.365 e. The summed E-state index contributed by atoms with van der Waals surface area (Å²) in [6.07, 6.45) is 6.58. The highest BCUT2D eigenvalue weighted by Crippen LogP contribution is 2.38. The van der Waals surface area contributed by atoms with Crippen molar-refractivity contribution in [3.05, 3.63) is 34.5 Å². The van der Waals surface area contributed by atoms with Gasteiger partial charge in [-0.1, -0.05) is 18.0 Å². The van der Waals surface area contributed by atoms with E-state index in [0.717, 1.165) is 64.0 Å². The highest BCUT2D eigenvalue weighted by molar-refractivity contribution is 6.36. The SMILES string of the molecule is C[C@H]1CN(CC2CCCCNC2=O)CCN1c1cc(C#N)cc(Nc2nc(NC3CC3)n3ncc(C#N)c3n2)c1Cl. The average Bonchev–Trinajstić information content (AvgIpc) is 3.72. The normalized spacial score (nSPS) is 21.6. The fraction of sp³-hybridized carbons (Fsp3) is 0.500. The van der Waals surface area contributed by atoms with Gasteiger partial charge >= 0.3 is 0 Å². The van der Waals surface area contributed by atoms with E-state index in [1.54, 1.807) is 6.07 Å². The Balaban J connectivity index is 1.25. The van der Waals surface area contributed by atoms with Gasteiger partial charge in [-0.05, 0) is 44.7 Å². The summed E-state index contributed by atoms with van der Waals surface area (Å²) in [5.74, 6) is 0.917. The second-order valence-corrected chi connectivity index (χ2v) is 11.5. The Morgan fingerprint density at radius 2 is 2.00 bits per heavy atom. The van der Waals surface area contributed by atoms with E-state index in [0.29, 0.717) is 46.0 Å². The number of amides is 1. The number of benzene rings is 1. The topological polar surface area (TPSA) is 150 Å². The quantitative estimate of drug-likeness (QED) is 0.384. The number of nitrogens with zero attached hydrogens (tertiary/aromatic N) is 8. The van der Waals surface area contributed by atoms with Crippen molar-refractivity contribution in [3.63, 3.8) is 0 Å². The maximum absolute atomic E-state index is 12.5. The molecule has 0 spiro atoms. The van der Waals surface area contributed by atoms with E-state index in [4.69, 9.17) is 11.6 Å². The lowest BCUT2D eigenvalue weighted by molar-refractivity contribution is -0.125. The van der Waals surface area contributed by atoms with Gasteiger partial charge in [-0.15, -0.1) is 0 Å². The molecule has 3 aromatic rings. The maximum atomic E-state index is 12.5. The summed E-state index contributed by atoms with van der Waals surface area (Å²) in [7, 11) is 0. The van der Waals surface area contributed by atoms with E-state index in [2.05, 4.69) is 59.9 Å². The number of carbonyl (C=O) groups excluding carboxylic acids is 1. The van der Waals surface area contributed by atoms with Crippen LogP contribution >= 0.6 is 11.6 Å². The Morgan fingerprint density at radius 3 is 2.76 bits per heavy atom. The first kappa shape index (κ1) is 27.1. The molecule has 13 heteroatoms. The lowest BCUT2D eigenvalue weighted by Gasteiger charge is -2.42. The zero-order valence-electron chi connectivity index (χ0n) is 22.9. The fourth-order valence-electron chi connectivity index (χ4n) is 5.66. The van der Waals surface area contributed by atoms with Gasteiger partial charge in [0, 0.05) is 44.8 Å². The van der Waals surface area contributed by atoms with Gasteiger partial charge < -0.3 is 20.9 Å². The zero-order chi connectivity index (χ0) is 28.5. The van der Waals surface area contributed by atoms with Crippen LogP contribution in [-0.2, 0) is 4.79 Å². The molecule has 6 rings (SSSR count). The van der Waals surface area contributed by atoms with E-state index in [9.17, 15) is 15.3 Å². The number of nitriles is 2. The molecule has 4 heterocycles. The van der Waals surface area contributed by atoms with E-state index in [-0.39, 0.29) is 23.8 Å². The standard InChI is InChI=1S/C28H32ClN11O/c1-17-15-38(16-19-4-2-3-7-32-26(19)41)8-9-39(17)23-11-18(12-30)10-22(24(23)29)35-27-36-25-20(13-31)14-33-40(25)28(37-27)34-21-5-6-21/h10-11,14,17,19,21H,2-9,15-16H2,1H3,(H,32,41)(H2,34,35,36,37)/t17-,19?/m0/s1. The number of rotatable bonds is 7. The first-order chi connectivity index (χ1) is 19.9. The molecule has 12 nitrogen and oxygen atoms in total. The summed E-state index contributed by atoms with van der Waals surface area (Å²) < 4.78 is 1.53. The van der Waals surface area contributed by atoms with Gasteiger partial charge in [0.05, 0.1) is 40.1 Å². The molecular formula is C28H32ClN11O. The highest BCUT2D eigenvalue weighted by atomic mass is 35.5. The molecule has 3 N–H and O–H groups in total. The third kappa shape index (κ3) is 5.71. The maximum Gasteiger partial charge on any atom is 0.232 e. The number of aromatic nitrogens is 4. The molecule has 1 aliphatic carbocycles. The summed E-state index contributed by atoms with van der Waals surface area (Å²) in [6.45, 7) is 5.94. The molecule has 2 aliphatic heterocycles. The molecule has 2 aromatic heterocycles. The number of hydrogen-bond donors (Lipinski definition) is 3. The number of halogens is 1. The number of anilines is 4. The van der Waals surface area contributed by atoms with Gasteiger partial charge in [0.2, 0.25) is 17.8 Å². The summed E-state index contributed by atoms with van der Waals surface area (Å²) >= 11 is 6.98. The predicted molar refractivity (Wildman–Crippen MR) is 155 cm³/mol. The van der Waals surface area contributed by atoms with Crippen LogP contribution in [0, 0.1) is 28.6 Å². The number of fused-ring (bicyclic) bond motifs is 1. The first-order valence-corrected chi connectivity index (χ1v) is 14.5. The van der Waals surface area contributed by atoms with Crippen molar-refractivity contribution < 1.29 is 4.79 Å². The van der Waals surface area contributed by atoms with Crippen molar-refractivity contribution in [1.82, 2.24) is 29.8 Å². The highest BCUT2D eigenvalue weighted by Gasteiger charge is 2.30. The van der Waals surface area contributed by atoms with Crippen molar-refractivity contribution >= 4 is 46.4 Å². The molecule has 0 radical (unpaired) electrons.